The van der Waals surface area contributed by atoms with Gasteiger partial charge in [0.15, 0.2) is 11.6 Å². The molecule has 1 heterocycles. The molecule has 0 N–H and O–H groups in total. The van der Waals surface area contributed by atoms with Crippen molar-refractivity contribution in [1.82, 2.24) is 9.97 Å². The molecule has 1 aromatic rings. The number of carbonyl (C=O) groups excluding carboxylic acids is 2. The van der Waals surface area contributed by atoms with Crippen molar-refractivity contribution in [2.24, 2.45) is 5.41 Å². The minimum absolute atomic E-state index is 0.0784. The number of rotatable bonds is 3. The largest absolute Gasteiger partial charge is 0.292 e. The zero-order valence-corrected chi connectivity index (χ0v) is 10.1. The molecule has 1 rings (SSSR count). The fourth-order valence-corrected chi connectivity index (χ4v) is 1.20. The summed E-state index contributed by atoms with van der Waals surface area (Å²) in [6.07, 6.45) is 1.64. The molecule has 0 atom stereocenters. The standard InChI is InChI=1S/C12H16N2O2/c1-5-10(15)8-6-9(14-7-13-8)11(16)12(2,3)4/h6-7H,5H2,1-4H3. The maximum Gasteiger partial charge on any atom is 0.186 e. The number of hydrogen-bond donors (Lipinski definition) is 0. The van der Waals surface area contributed by atoms with Crippen molar-refractivity contribution in [3.8, 4) is 0 Å². The van der Waals surface area contributed by atoms with Crippen LogP contribution in [0.5, 0.6) is 0 Å². The predicted molar refractivity (Wildman–Crippen MR) is 60.4 cm³/mol. The van der Waals surface area contributed by atoms with Crippen molar-refractivity contribution in [3.05, 3.63) is 23.8 Å². The Kier molecular flexibility index (Phi) is 3.52. The highest BCUT2D eigenvalue weighted by molar-refractivity contribution is 6.01. The molecular formula is C12H16N2O2. The van der Waals surface area contributed by atoms with Gasteiger partial charge in [-0.1, -0.05) is 27.7 Å². The molecule has 0 spiro atoms. The molecule has 16 heavy (non-hydrogen) atoms. The summed E-state index contributed by atoms with van der Waals surface area (Å²) in [6, 6.07) is 1.47. The summed E-state index contributed by atoms with van der Waals surface area (Å²) in [6.45, 7) is 7.21. The summed E-state index contributed by atoms with van der Waals surface area (Å²) in [5.74, 6) is -0.162. The average Bonchev–Trinajstić information content (AvgIpc) is 2.26. The number of aromatic nitrogens is 2. The lowest BCUT2D eigenvalue weighted by Gasteiger charge is -2.15. The first-order valence-electron chi connectivity index (χ1n) is 5.26. The van der Waals surface area contributed by atoms with E-state index in [-0.39, 0.29) is 11.6 Å². The lowest BCUT2D eigenvalue weighted by Crippen LogP contribution is -2.22. The van der Waals surface area contributed by atoms with E-state index in [1.165, 1.54) is 12.4 Å². The Hall–Kier alpha value is -1.58. The van der Waals surface area contributed by atoms with Gasteiger partial charge in [0.2, 0.25) is 0 Å². The highest BCUT2D eigenvalue weighted by Gasteiger charge is 2.24. The van der Waals surface area contributed by atoms with Gasteiger partial charge in [-0.25, -0.2) is 9.97 Å². The molecule has 86 valence electrons. The van der Waals surface area contributed by atoms with E-state index in [9.17, 15) is 9.59 Å². The highest BCUT2D eigenvalue weighted by Crippen LogP contribution is 2.19. The van der Waals surface area contributed by atoms with Crippen LogP contribution in [0.2, 0.25) is 0 Å². The van der Waals surface area contributed by atoms with Gasteiger partial charge < -0.3 is 0 Å². The Bertz CT molecular complexity index is 419. The molecule has 0 saturated carbocycles. The van der Waals surface area contributed by atoms with Crippen LogP contribution in [0.4, 0.5) is 0 Å². The minimum Gasteiger partial charge on any atom is -0.292 e. The van der Waals surface area contributed by atoms with Crippen LogP contribution in [0.15, 0.2) is 12.4 Å². The minimum atomic E-state index is -0.499. The summed E-state index contributed by atoms with van der Waals surface area (Å²) < 4.78 is 0. The third kappa shape index (κ3) is 2.72. The predicted octanol–water partition coefficient (Wildman–Crippen LogP) is 2.30. The fraction of sp³-hybridized carbons (Fsp3) is 0.500. The molecule has 0 aliphatic carbocycles. The van der Waals surface area contributed by atoms with Crippen molar-refractivity contribution < 1.29 is 9.59 Å². The number of Topliss-reactive ketones (excluding diaryl/α,β-unsaturated/α-hetero) is 2. The van der Waals surface area contributed by atoms with Gasteiger partial charge in [-0.15, -0.1) is 0 Å². The van der Waals surface area contributed by atoms with E-state index < -0.39 is 5.41 Å². The van der Waals surface area contributed by atoms with Crippen LogP contribution < -0.4 is 0 Å². The molecule has 0 aliphatic rings. The average molecular weight is 220 g/mol. The Morgan fingerprint density at radius 3 is 2.25 bits per heavy atom. The van der Waals surface area contributed by atoms with Crippen molar-refractivity contribution in [2.45, 2.75) is 34.1 Å². The molecule has 0 aliphatic heterocycles. The van der Waals surface area contributed by atoms with Gasteiger partial charge in [0.05, 0.1) is 0 Å². The molecule has 4 nitrogen and oxygen atoms in total. The van der Waals surface area contributed by atoms with Crippen molar-refractivity contribution >= 4 is 11.6 Å². The van der Waals surface area contributed by atoms with Crippen LogP contribution in [0, 0.1) is 5.41 Å². The van der Waals surface area contributed by atoms with E-state index in [4.69, 9.17) is 0 Å². The zero-order valence-electron chi connectivity index (χ0n) is 10.1. The second kappa shape index (κ2) is 4.51. The molecule has 0 radical (unpaired) electrons. The summed E-state index contributed by atoms with van der Waals surface area (Å²) >= 11 is 0. The van der Waals surface area contributed by atoms with E-state index >= 15 is 0 Å². The van der Waals surface area contributed by atoms with Crippen LogP contribution in [-0.2, 0) is 0 Å². The summed E-state index contributed by atoms with van der Waals surface area (Å²) in [5, 5.41) is 0. The van der Waals surface area contributed by atoms with Crippen molar-refractivity contribution in [1.29, 1.82) is 0 Å². The fourth-order valence-electron chi connectivity index (χ4n) is 1.20. The number of hydrogen-bond acceptors (Lipinski definition) is 4. The lowest BCUT2D eigenvalue weighted by atomic mass is 9.88. The monoisotopic (exact) mass is 220 g/mol. The number of carbonyl (C=O) groups is 2. The summed E-state index contributed by atoms with van der Waals surface area (Å²) in [7, 11) is 0. The van der Waals surface area contributed by atoms with E-state index in [0.29, 0.717) is 17.8 Å². The molecule has 0 unspecified atom stereocenters. The number of ketones is 2. The van der Waals surface area contributed by atoms with E-state index in [2.05, 4.69) is 9.97 Å². The van der Waals surface area contributed by atoms with Crippen LogP contribution >= 0.6 is 0 Å². The van der Waals surface area contributed by atoms with Gasteiger partial charge in [-0.3, -0.25) is 9.59 Å². The quantitative estimate of drug-likeness (QED) is 0.733. The Labute approximate surface area is 95.1 Å². The summed E-state index contributed by atoms with van der Waals surface area (Å²) in [4.78, 5) is 31.1. The number of nitrogens with zero attached hydrogens (tertiary/aromatic N) is 2. The second-order valence-electron chi connectivity index (χ2n) is 4.64. The third-order valence-corrected chi connectivity index (χ3v) is 2.19. The molecule has 0 fully saturated rings. The van der Waals surface area contributed by atoms with Crippen LogP contribution in [0.25, 0.3) is 0 Å². The van der Waals surface area contributed by atoms with E-state index in [1.54, 1.807) is 6.92 Å². The van der Waals surface area contributed by atoms with Gasteiger partial charge in [-0.2, -0.15) is 0 Å². The second-order valence-corrected chi connectivity index (χ2v) is 4.64. The molecule has 0 amide bonds. The van der Waals surface area contributed by atoms with Crippen molar-refractivity contribution in [3.63, 3.8) is 0 Å². The van der Waals surface area contributed by atoms with E-state index in [0.717, 1.165) is 0 Å². The van der Waals surface area contributed by atoms with Crippen LogP contribution in [0.3, 0.4) is 0 Å². The molecule has 0 bridgehead atoms. The normalized spacial score (nSPS) is 11.2. The van der Waals surface area contributed by atoms with Gasteiger partial charge in [0.1, 0.15) is 17.7 Å². The Morgan fingerprint density at radius 2 is 1.75 bits per heavy atom. The first-order valence-corrected chi connectivity index (χ1v) is 5.26. The van der Waals surface area contributed by atoms with Gasteiger partial charge in [0, 0.05) is 11.8 Å². The first kappa shape index (κ1) is 12.5. The topological polar surface area (TPSA) is 59.9 Å². The Morgan fingerprint density at radius 1 is 1.19 bits per heavy atom. The van der Waals surface area contributed by atoms with Crippen LogP contribution in [-0.4, -0.2) is 21.5 Å². The van der Waals surface area contributed by atoms with Crippen LogP contribution in [0.1, 0.15) is 55.1 Å². The smallest absolute Gasteiger partial charge is 0.186 e. The molecule has 4 heteroatoms. The lowest BCUT2D eigenvalue weighted by molar-refractivity contribution is 0.0852. The zero-order chi connectivity index (χ0) is 12.3. The van der Waals surface area contributed by atoms with Gasteiger partial charge >= 0.3 is 0 Å². The Balaban J connectivity index is 3.09. The van der Waals surface area contributed by atoms with Gasteiger partial charge in [-0.05, 0) is 6.07 Å². The highest BCUT2D eigenvalue weighted by atomic mass is 16.1. The maximum atomic E-state index is 11.9. The first-order chi connectivity index (χ1) is 7.36. The van der Waals surface area contributed by atoms with Gasteiger partial charge in [0.25, 0.3) is 0 Å². The molecule has 0 saturated heterocycles. The molecule has 0 aromatic carbocycles. The third-order valence-electron chi connectivity index (χ3n) is 2.19. The maximum absolute atomic E-state index is 11.9. The van der Waals surface area contributed by atoms with E-state index in [1.807, 2.05) is 20.8 Å². The molecular weight excluding hydrogens is 204 g/mol. The SMILES string of the molecule is CCC(=O)c1cc(C(=O)C(C)(C)C)ncn1. The molecule has 1 aromatic heterocycles. The summed E-state index contributed by atoms with van der Waals surface area (Å²) in [5.41, 5.74) is 0.116. The van der Waals surface area contributed by atoms with Crippen molar-refractivity contribution in [2.75, 3.05) is 0 Å².